The molecule has 0 fully saturated rings. The summed E-state index contributed by atoms with van der Waals surface area (Å²) in [5.74, 6) is 0.634. The number of thiophene rings is 3. The van der Waals surface area contributed by atoms with Crippen LogP contribution in [-0.4, -0.2) is 0 Å². The maximum atomic E-state index is 2.57. The Labute approximate surface area is 686 Å². The Morgan fingerprint density at radius 2 is 0.707 bits per heavy atom. The van der Waals surface area contributed by atoms with E-state index in [1.807, 2.05) is 34.0 Å². The molecule has 23 rings (SSSR count). The van der Waals surface area contributed by atoms with Crippen LogP contribution in [-0.2, 0) is 5.41 Å². The molecule has 0 saturated heterocycles. The molecule has 0 radical (unpaired) electrons. The van der Waals surface area contributed by atoms with Gasteiger partial charge in [-0.15, -0.1) is 34.0 Å². The van der Waals surface area contributed by atoms with E-state index in [-0.39, 0.29) is 11.3 Å². The summed E-state index contributed by atoms with van der Waals surface area (Å²) in [6.45, 7) is 4.84. The summed E-state index contributed by atoms with van der Waals surface area (Å²) in [5, 5.41) is 17.7. The van der Waals surface area contributed by atoms with Crippen molar-refractivity contribution in [1.29, 1.82) is 0 Å². The van der Waals surface area contributed by atoms with Crippen molar-refractivity contribution in [1.82, 2.24) is 0 Å². The van der Waals surface area contributed by atoms with E-state index in [0.717, 1.165) is 39.8 Å². The Morgan fingerprint density at radius 1 is 0.267 bits per heavy atom. The summed E-state index contributed by atoms with van der Waals surface area (Å²) in [7, 11) is 0. The van der Waals surface area contributed by atoms with Gasteiger partial charge in [0.25, 0.3) is 0 Å². The summed E-state index contributed by atoms with van der Waals surface area (Å²) in [4.78, 5) is 9.85. The third kappa shape index (κ3) is 11.6. The quantitative estimate of drug-likeness (QED) is 0.107. The van der Waals surface area contributed by atoms with Crippen LogP contribution >= 0.6 is 34.0 Å². The third-order valence-electron chi connectivity index (χ3n) is 24.1. The monoisotopic (exact) mass is 1540 g/mol. The van der Waals surface area contributed by atoms with Gasteiger partial charge in [-0.3, -0.25) is 0 Å². The van der Waals surface area contributed by atoms with Gasteiger partial charge in [-0.1, -0.05) is 281 Å². The Kier molecular flexibility index (Phi) is 17.0. The lowest BCUT2D eigenvalue weighted by atomic mass is 9.74. The molecule has 3 heterocycles. The number of allylic oxidation sites excluding steroid dienone is 3. The Morgan fingerprint density at radius 3 is 1.33 bits per heavy atom. The number of nitrogens with zero attached hydrogens (tertiary/aromatic N) is 4. The number of hydrogen-bond donors (Lipinski definition) is 0. The first kappa shape index (κ1) is 69.1. The molecule has 0 saturated carbocycles. The second kappa shape index (κ2) is 28.5. The van der Waals surface area contributed by atoms with Gasteiger partial charge in [0.1, 0.15) is 0 Å². The summed E-state index contributed by atoms with van der Waals surface area (Å²) < 4.78 is 7.65. The minimum Gasteiger partial charge on any atom is -0.310 e. The molecule has 116 heavy (non-hydrogen) atoms. The van der Waals surface area contributed by atoms with Crippen molar-refractivity contribution >= 4 is 200 Å². The number of hydrogen-bond acceptors (Lipinski definition) is 7. The largest absolute Gasteiger partial charge is 0.310 e. The first-order valence-electron chi connectivity index (χ1n) is 39.9. The Hall–Kier alpha value is -13.7. The zero-order valence-corrected chi connectivity index (χ0v) is 66.4. The van der Waals surface area contributed by atoms with E-state index in [2.05, 4.69) is 446 Å². The van der Waals surface area contributed by atoms with Crippen molar-refractivity contribution in [2.45, 2.75) is 25.2 Å². The molecule has 0 bridgehead atoms. The normalized spacial score (nSPS) is 14.2. The molecular weight excluding hydrogens is 1460 g/mol. The van der Waals surface area contributed by atoms with Crippen molar-refractivity contribution in [3.05, 3.63) is 429 Å². The van der Waals surface area contributed by atoms with Crippen molar-refractivity contribution in [2.75, 3.05) is 19.6 Å². The van der Waals surface area contributed by atoms with E-state index < -0.39 is 0 Å². The number of anilines is 11. The SMILES string of the molecule is CC1(C)c2ccccc2C2C=C(N(c3ccc4c5ccccc5c5ccccc5c4c3)c3cccc4sc5c(N(c6ccccc6)c6ccccc6)c6ccccc6cc5c34)C=CC21.c1ccc(-c2ccc3sc4ccc(N(c5ccccc5)c5cccc6sc7c(N(c8ccccc8)c8ccccc8)cccc7c56)cc4c3c2)cc1. The van der Waals surface area contributed by atoms with Crippen LogP contribution in [0.15, 0.2) is 418 Å². The van der Waals surface area contributed by atoms with Gasteiger partial charge in [0.2, 0.25) is 0 Å². The molecule has 2 aliphatic carbocycles. The minimum atomic E-state index is 0.0257. The van der Waals surface area contributed by atoms with E-state index >= 15 is 0 Å². The van der Waals surface area contributed by atoms with E-state index in [1.165, 1.54) is 154 Å². The van der Waals surface area contributed by atoms with Crippen molar-refractivity contribution in [3.8, 4) is 11.1 Å². The molecule has 0 aliphatic heterocycles. The summed E-state index contributed by atoms with van der Waals surface area (Å²) in [6, 6.07) is 144. The van der Waals surface area contributed by atoms with Gasteiger partial charge in [0.15, 0.2) is 0 Å². The standard InChI is InChI=1S/C61H44N2S.C48H32N2S2/c1-61(2)54-29-16-15-28-50(54)52-38-43(33-35-55(52)61)62(42-32-34-49-47-26-12-11-24-45(47)46-25-13-14-27-48(46)51(49)37-42)56-30-17-31-57-58(56)53-36-39-18-9-10-23-44(39)59(60(53)64-57)63(40-19-5-3-6-20-40)41-21-7-4-8-22-41;1-5-15-33(16-6-1)34-27-29-44-40(31-34)41-32-38(28-30-45(41)51-44)50(37-21-11-4-12-22-37)42-24-14-26-46-47(42)39-23-13-25-43(48(39)52-46)49(35-17-7-2-8-18-35)36-19-9-3-10-20-36/h3-38,52,55H,1-2H3;1-32H. The molecule has 4 nitrogen and oxygen atoms in total. The lowest BCUT2D eigenvalue weighted by molar-refractivity contribution is 0.393. The molecule has 18 aromatic carbocycles. The average molecular weight is 1540 g/mol. The Bertz CT molecular complexity index is 7340. The van der Waals surface area contributed by atoms with Crippen LogP contribution in [0.2, 0.25) is 0 Å². The highest BCUT2D eigenvalue weighted by molar-refractivity contribution is 7.27. The molecule has 0 N–H and O–H groups in total. The fourth-order valence-electron chi connectivity index (χ4n) is 18.8. The lowest BCUT2D eigenvalue weighted by Crippen LogP contribution is -2.27. The average Bonchev–Trinajstić information content (AvgIpc) is 1.47. The second-order valence-electron chi connectivity index (χ2n) is 31.0. The van der Waals surface area contributed by atoms with Crippen LogP contribution in [0.5, 0.6) is 0 Å². The van der Waals surface area contributed by atoms with Gasteiger partial charge < -0.3 is 19.6 Å². The van der Waals surface area contributed by atoms with Gasteiger partial charge in [-0.2, -0.15) is 0 Å². The van der Waals surface area contributed by atoms with Crippen LogP contribution in [0.25, 0.3) is 115 Å². The topological polar surface area (TPSA) is 13.0 Å². The maximum absolute atomic E-state index is 2.57. The predicted octanol–water partition coefficient (Wildman–Crippen LogP) is 32.4. The van der Waals surface area contributed by atoms with E-state index in [0.29, 0.717) is 5.92 Å². The van der Waals surface area contributed by atoms with E-state index in [9.17, 15) is 0 Å². The van der Waals surface area contributed by atoms with Crippen molar-refractivity contribution in [3.63, 3.8) is 0 Å². The first-order valence-corrected chi connectivity index (χ1v) is 42.4. The predicted molar refractivity (Wildman–Crippen MR) is 503 cm³/mol. The highest BCUT2D eigenvalue weighted by Gasteiger charge is 2.45. The minimum absolute atomic E-state index is 0.0257. The van der Waals surface area contributed by atoms with Crippen molar-refractivity contribution < 1.29 is 0 Å². The number of para-hydroxylation sites is 5. The zero-order valence-electron chi connectivity index (χ0n) is 63.9. The Balaban J connectivity index is 0.000000144. The molecule has 21 aromatic rings. The maximum Gasteiger partial charge on any atom is 0.0718 e. The number of benzene rings is 18. The molecule has 0 spiro atoms. The van der Waals surface area contributed by atoms with Crippen LogP contribution in [0, 0.1) is 5.92 Å². The smallest absolute Gasteiger partial charge is 0.0718 e. The van der Waals surface area contributed by atoms with Crippen LogP contribution < -0.4 is 19.6 Å². The van der Waals surface area contributed by atoms with Gasteiger partial charge >= 0.3 is 0 Å². The molecule has 550 valence electrons. The summed E-state index contributed by atoms with van der Waals surface area (Å²) in [6.07, 6.45) is 7.49. The van der Waals surface area contributed by atoms with Gasteiger partial charge in [-0.05, 0) is 217 Å². The van der Waals surface area contributed by atoms with Gasteiger partial charge in [0, 0.05) is 108 Å². The summed E-state index contributed by atoms with van der Waals surface area (Å²) in [5.41, 5.74) is 19.3. The highest BCUT2D eigenvalue weighted by atomic mass is 32.1. The van der Waals surface area contributed by atoms with Crippen molar-refractivity contribution in [2.24, 2.45) is 5.92 Å². The van der Waals surface area contributed by atoms with E-state index in [1.54, 1.807) is 0 Å². The fraction of sp³-hybridized carbons (Fsp3) is 0.0459. The lowest BCUT2D eigenvalue weighted by Gasteiger charge is -2.34. The first-order chi connectivity index (χ1) is 57.3. The van der Waals surface area contributed by atoms with Gasteiger partial charge in [-0.25, -0.2) is 0 Å². The number of rotatable bonds is 13. The third-order valence-corrected chi connectivity index (χ3v) is 27.6. The van der Waals surface area contributed by atoms with Crippen LogP contribution in [0.1, 0.15) is 30.9 Å². The molecule has 2 unspecified atom stereocenters. The second-order valence-corrected chi connectivity index (χ2v) is 34.2. The van der Waals surface area contributed by atoms with Gasteiger partial charge in [0.05, 0.1) is 32.1 Å². The number of fused-ring (bicyclic) bond motifs is 19. The highest BCUT2D eigenvalue weighted by Crippen LogP contribution is 2.58. The summed E-state index contributed by atoms with van der Waals surface area (Å²) >= 11 is 5.63. The molecule has 0 amide bonds. The molecular formula is C109H76N4S3. The molecule has 3 aromatic heterocycles. The van der Waals surface area contributed by atoms with E-state index in [4.69, 9.17) is 0 Å². The molecule has 7 heteroatoms. The van der Waals surface area contributed by atoms with Crippen LogP contribution in [0.4, 0.5) is 62.6 Å². The molecule has 2 aliphatic rings. The zero-order chi connectivity index (χ0) is 77.0. The van der Waals surface area contributed by atoms with Crippen LogP contribution in [0.3, 0.4) is 0 Å². The molecule has 2 atom stereocenters. The fourth-order valence-corrected chi connectivity index (χ4v) is 22.4.